The van der Waals surface area contributed by atoms with Gasteiger partial charge in [0.15, 0.2) is 12.6 Å². The van der Waals surface area contributed by atoms with E-state index in [1.807, 2.05) is 39.0 Å². The van der Waals surface area contributed by atoms with Crippen LogP contribution in [0.1, 0.15) is 37.5 Å². The second-order valence-corrected chi connectivity index (χ2v) is 10.6. The smallest absolute Gasteiger partial charge is 0.313 e. The SMILES string of the molecule is CC(C)(C)C(=O)OCn1cnc(-c2cccc(-c3ccc(CN[C@@H]4Cc5ccc(F)cc5C4)cc3)c2)n1. The Morgan fingerprint density at radius 3 is 2.54 bits per heavy atom. The van der Waals surface area contributed by atoms with Crippen molar-refractivity contribution in [3.05, 3.63) is 95.6 Å². The number of carbonyl (C=O) groups excluding carboxylic acids is 1. The molecule has 0 fully saturated rings. The monoisotopic (exact) mass is 498 g/mol. The van der Waals surface area contributed by atoms with Gasteiger partial charge in [-0.3, -0.25) is 4.79 Å². The van der Waals surface area contributed by atoms with Crippen LogP contribution in [-0.4, -0.2) is 26.8 Å². The summed E-state index contributed by atoms with van der Waals surface area (Å²) in [4.78, 5) is 16.4. The average molecular weight is 499 g/mol. The molecule has 1 heterocycles. The number of nitrogens with zero attached hydrogens (tertiary/aromatic N) is 3. The molecule has 0 amide bonds. The molecule has 1 aliphatic rings. The summed E-state index contributed by atoms with van der Waals surface area (Å²) in [6.07, 6.45) is 3.36. The van der Waals surface area contributed by atoms with E-state index in [9.17, 15) is 9.18 Å². The van der Waals surface area contributed by atoms with E-state index < -0.39 is 5.41 Å². The number of ether oxygens (including phenoxy) is 1. The lowest BCUT2D eigenvalue weighted by atomic mass is 9.98. The lowest BCUT2D eigenvalue weighted by molar-refractivity contribution is -0.157. The number of halogens is 1. The first-order valence-corrected chi connectivity index (χ1v) is 12.5. The second kappa shape index (κ2) is 10.3. The summed E-state index contributed by atoms with van der Waals surface area (Å²) in [5.74, 6) is 0.130. The Bertz CT molecular complexity index is 1410. The minimum absolute atomic E-state index is 0.0299. The average Bonchev–Trinajstić information content (AvgIpc) is 3.52. The summed E-state index contributed by atoms with van der Waals surface area (Å²) in [5.41, 5.74) is 6.05. The summed E-state index contributed by atoms with van der Waals surface area (Å²) >= 11 is 0. The molecule has 7 heteroatoms. The van der Waals surface area contributed by atoms with Gasteiger partial charge in [0, 0.05) is 18.2 Å². The zero-order valence-electron chi connectivity index (χ0n) is 21.4. The van der Waals surface area contributed by atoms with Crippen molar-refractivity contribution < 1.29 is 13.9 Å². The highest BCUT2D eigenvalue weighted by molar-refractivity contribution is 5.75. The normalized spacial score (nSPS) is 15.0. The van der Waals surface area contributed by atoms with Crippen LogP contribution in [0.25, 0.3) is 22.5 Å². The lowest BCUT2D eigenvalue weighted by Gasteiger charge is -2.16. The van der Waals surface area contributed by atoms with Crippen molar-refractivity contribution in [2.45, 2.75) is 52.9 Å². The summed E-state index contributed by atoms with van der Waals surface area (Å²) < 4.78 is 20.3. The molecular formula is C30H31FN4O2. The summed E-state index contributed by atoms with van der Waals surface area (Å²) in [7, 11) is 0. The Labute approximate surface area is 216 Å². The van der Waals surface area contributed by atoms with Crippen LogP contribution in [0.15, 0.2) is 73.1 Å². The number of esters is 1. The Kier molecular flexibility index (Phi) is 6.89. The van der Waals surface area contributed by atoms with Crippen LogP contribution in [-0.2, 0) is 35.6 Å². The van der Waals surface area contributed by atoms with E-state index >= 15 is 0 Å². The van der Waals surface area contributed by atoms with Crippen molar-refractivity contribution in [3.8, 4) is 22.5 Å². The van der Waals surface area contributed by atoms with Gasteiger partial charge in [-0.2, -0.15) is 0 Å². The third kappa shape index (κ3) is 5.94. The van der Waals surface area contributed by atoms with Gasteiger partial charge in [-0.15, -0.1) is 5.10 Å². The van der Waals surface area contributed by atoms with Crippen LogP contribution in [0.4, 0.5) is 4.39 Å². The van der Waals surface area contributed by atoms with Gasteiger partial charge in [0.25, 0.3) is 0 Å². The van der Waals surface area contributed by atoms with Gasteiger partial charge in [0.2, 0.25) is 0 Å². The number of aromatic nitrogens is 3. The molecule has 1 aromatic heterocycles. The third-order valence-electron chi connectivity index (χ3n) is 6.58. The molecule has 0 saturated carbocycles. The van der Waals surface area contributed by atoms with Crippen molar-refractivity contribution in [1.29, 1.82) is 0 Å². The quantitative estimate of drug-likeness (QED) is 0.338. The van der Waals surface area contributed by atoms with Gasteiger partial charge in [-0.25, -0.2) is 14.1 Å². The van der Waals surface area contributed by atoms with Gasteiger partial charge < -0.3 is 10.1 Å². The number of fused-ring (bicyclic) bond motifs is 1. The molecule has 6 nitrogen and oxygen atoms in total. The van der Waals surface area contributed by atoms with Gasteiger partial charge in [-0.1, -0.05) is 48.5 Å². The Morgan fingerprint density at radius 1 is 1.00 bits per heavy atom. The highest BCUT2D eigenvalue weighted by Gasteiger charge is 2.23. The molecule has 0 saturated heterocycles. The zero-order chi connectivity index (χ0) is 26.0. The Hall–Kier alpha value is -3.84. The molecule has 5 rings (SSSR count). The standard InChI is InChI=1S/C30H31FN4O2/c1-30(2,3)29(36)37-19-35-18-33-28(34-35)24-6-4-5-22(13-24)21-9-7-20(8-10-21)17-32-27-15-23-11-12-26(31)14-25(23)16-27/h4-14,18,27,32H,15-17,19H2,1-3H3/t27-/m1/s1. The van der Waals surface area contributed by atoms with Crippen molar-refractivity contribution in [2.24, 2.45) is 5.41 Å². The first kappa shape index (κ1) is 24.8. The van der Waals surface area contributed by atoms with Gasteiger partial charge in [-0.05, 0) is 79.6 Å². The molecule has 37 heavy (non-hydrogen) atoms. The van der Waals surface area contributed by atoms with Crippen molar-refractivity contribution >= 4 is 5.97 Å². The fourth-order valence-electron chi connectivity index (χ4n) is 4.48. The molecule has 190 valence electrons. The predicted octanol–water partition coefficient (Wildman–Crippen LogP) is 5.56. The topological polar surface area (TPSA) is 69.0 Å². The molecule has 0 radical (unpaired) electrons. The van der Waals surface area contributed by atoms with E-state index in [0.717, 1.165) is 41.6 Å². The van der Waals surface area contributed by atoms with Crippen molar-refractivity contribution in [1.82, 2.24) is 20.1 Å². The summed E-state index contributed by atoms with van der Waals surface area (Å²) in [5, 5.41) is 8.07. The molecule has 0 spiro atoms. The van der Waals surface area contributed by atoms with Gasteiger partial charge >= 0.3 is 5.97 Å². The van der Waals surface area contributed by atoms with Crippen LogP contribution < -0.4 is 5.32 Å². The molecule has 4 aromatic rings. The van der Waals surface area contributed by atoms with Crippen LogP contribution in [0.3, 0.4) is 0 Å². The van der Waals surface area contributed by atoms with Gasteiger partial charge in [0.05, 0.1) is 5.41 Å². The fraction of sp³-hybridized carbons (Fsp3) is 0.300. The number of hydrogen-bond acceptors (Lipinski definition) is 5. The molecule has 3 aromatic carbocycles. The molecule has 0 unspecified atom stereocenters. The first-order chi connectivity index (χ1) is 17.7. The van der Waals surface area contributed by atoms with Crippen LogP contribution in [0.5, 0.6) is 0 Å². The highest BCUT2D eigenvalue weighted by Crippen LogP contribution is 2.26. The Balaban J connectivity index is 1.19. The molecule has 0 bridgehead atoms. The minimum Gasteiger partial charge on any atom is -0.442 e. The van der Waals surface area contributed by atoms with E-state index in [1.54, 1.807) is 18.5 Å². The first-order valence-electron chi connectivity index (χ1n) is 12.5. The molecular weight excluding hydrogens is 467 g/mol. The highest BCUT2D eigenvalue weighted by atomic mass is 19.1. The maximum Gasteiger partial charge on any atom is 0.313 e. The summed E-state index contributed by atoms with van der Waals surface area (Å²) in [6, 6.07) is 22.0. The predicted molar refractivity (Wildman–Crippen MR) is 141 cm³/mol. The van der Waals surface area contributed by atoms with E-state index in [1.165, 1.54) is 15.8 Å². The van der Waals surface area contributed by atoms with E-state index in [-0.39, 0.29) is 18.5 Å². The van der Waals surface area contributed by atoms with Gasteiger partial charge in [0.1, 0.15) is 12.1 Å². The van der Waals surface area contributed by atoms with Crippen LogP contribution in [0, 0.1) is 11.2 Å². The number of nitrogens with one attached hydrogen (secondary N) is 1. The Morgan fingerprint density at radius 2 is 1.76 bits per heavy atom. The molecule has 1 aliphatic carbocycles. The number of benzene rings is 3. The van der Waals surface area contributed by atoms with E-state index in [0.29, 0.717) is 11.9 Å². The maximum absolute atomic E-state index is 13.5. The zero-order valence-corrected chi connectivity index (χ0v) is 21.4. The summed E-state index contributed by atoms with van der Waals surface area (Å²) in [6.45, 7) is 6.24. The fourth-order valence-corrected chi connectivity index (χ4v) is 4.48. The van der Waals surface area contributed by atoms with Crippen LogP contribution >= 0.6 is 0 Å². The van der Waals surface area contributed by atoms with E-state index in [2.05, 4.69) is 51.8 Å². The lowest BCUT2D eigenvalue weighted by Crippen LogP contribution is -2.28. The second-order valence-electron chi connectivity index (χ2n) is 10.6. The molecule has 1 N–H and O–H groups in total. The van der Waals surface area contributed by atoms with Crippen molar-refractivity contribution in [3.63, 3.8) is 0 Å². The van der Waals surface area contributed by atoms with Crippen LogP contribution in [0.2, 0.25) is 0 Å². The maximum atomic E-state index is 13.5. The molecule has 0 aliphatic heterocycles. The number of carbonyl (C=O) groups is 1. The number of hydrogen-bond donors (Lipinski definition) is 1. The molecule has 1 atom stereocenters. The van der Waals surface area contributed by atoms with Crippen molar-refractivity contribution in [2.75, 3.05) is 0 Å². The number of rotatable bonds is 7. The largest absolute Gasteiger partial charge is 0.442 e. The third-order valence-corrected chi connectivity index (χ3v) is 6.58. The minimum atomic E-state index is -0.563. The van der Waals surface area contributed by atoms with E-state index in [4.69, 9.17) is 4.74 Å².